The standard InChI is InChI=1S/C24H28N2O4S2/c1-23(2,3)30-22(29)25-24(17-27,14-18-8-10-19(28)11-9-18)26(15-20-6-4-12-31-20)16-21-7-5-13-32-21/h4-13,17,28H,14-16H2,1-3H3,(H,25,29)/t24-/m0/s1. The van der Waals surface area contributed by atoms with Gasteiger partial charge in [-0.2, -0.15) is 0 Å². The quantitative estimate of drug-likeness (QED) is 0.331. The van der Waals surface area contributed by atoms with Gasteiger partial charge in [0.2, 0.25) is 0 Å². The molecule has 0 spiro atoms. The molecule has 1 atom stereocenters. The Balaban J connectivity index is 2.00. The number of nitrogens with zero attached hydrogens (tertiary/aromatic N) is 1. The summed E-state index contributed by atoms with van der Waals surface area (Å²) in [6, 6.07) is 14.6. The van der Waals surface area contributed by atoms with E-state index in [0.29, 0.717) is 13.1 Å². The number of hydrogen-bond acceptors (Lipinski definition) is 7. The van der Waals surface area contributed by atoms with E-state index >= 15 is 0 Å². The van der Waals surface area contributed by atoms with Crippen molar-refractivity contribution < 1.29 is 19.4 Å². The van der Waals surface area contributed by atoms with Crippen LogP contribution >= 0.6 is 22.7 Å². The number of aldehydes is 1. The highest BCUT2D eigenvalue weighted by atomic mass is 32.1. The van der Waals surface area contributed by atoms with E-state index in [9.17, 15) is 14.7 Å². The van der Waals surface area contributed by atoms with Crippen LogP contribution in [0.1, 0.15) is 36.1 Å². The maximum Gasteiger partial charge on any atom is 0.409 e. The molecule has 32 heavy (non-hydrogen) atoms. The van der Waals surface area contributed by atoms with E-state index in [1.165, 1.54) is 0 Å². The molecule has 8 heteroatoms. The molecule has 170 valence electrons. The number of alkyl carbamates (subject to hydrolysis) is 1. The average Bonchev–Trinajstić information content (AvgIpc) is 3.41. The topological polar surface area (TPSA) is 78.9 Å². The van der Waals surface area contributed by atoms with Gasteiger partial charge in [0.25, 0.3) is 0 Å². The lowest BCUT2D eigenvalue weighted by atomic mass is 9.98. The van der Waals surface area contributed by atoms with Crippen molar-refractivity contribution in [1.29, 1.82) is 0 Å². The molecule has 0 bridgehead atoms. The second-order valence-electron chi connectivity index (χ2n) is 8.53. The lowest BCUT2D eigenvalue weighted by Gasteiger charge is -2.40. The smallest absolute Gasteiger partial charge is 0.409 e. The van der Waals surface area contributed by atoms with Gasteiger partial charge >= 0.3 is 6.09 Å². The van der Waals surface area contributed by atoms with Gasteiger partial charge in [0, 0.05) is 29.3 Å². The molecular weight excluding hydrogens is 444 g/mol. The Labute approximate surface area is 196 Å². The van der Waals surface area contributed by atoms with Crippen molar-refractivity contribution >= 4 is 35.1 Å². The molecule has 1 amide bonds. The van der Waals surface area contributed by atoms with Gasteiger partial charge in [0.15, 0.2) is 11.9 Å². The molecule has 2 heterocycles. The number of benzene rings is 1. The number of nitrogens with one attached hydrogen (secondary N) is 1. The molecule has 3 rings (SSSR count). The minimum Gasteiger partial charge on any atom is -0.508 e. The molecule has 0 fully saturated rings. The van der Waals surface area contributed by atoms with Crippen molar-refractivity contribution in [3.63, 3.8) is 0 Å². The van der Waals surface area contributed by atoms with Crippen molar-refractivity contribution in [3.05, 3.63) is 74.6 Å². The first-order valence-electron chi connectivity index (χ1n) is 10.2. The molecule has 2 N–H and O–H groups in total. The van der Waals surface area contributed by atoms with Crippen LogP contribution in [0.4, 0.5) is 4.79 Å². The molecular formula is C24H28N2O4S2. The minimum absolute atomic E-state index is 0.139. The van der Waals surface area contributed by atoms with Crippen LogP contribution in [0, 0.1) is 0 Å². The molecule has 1 aromatic carbocycles. The maximum atomic E-state index is 12.8. The summed E-state index contributed by atoms with van der Waals surface area (Å²) >= 11 is 3.19. The third kappa shape index (κ3) is 6.66. The van der Waals surface area contributed by atoms with Crippen molar-refractivity contribution in [1.82, 2.24) is 10.2 Å². The predicted octanol–water partition coefficient (Wildman–Crippen LogP) is 5.18. The van der Waals surface area contributed by atoms with E-state index < -0.39 is 17.4 Å². The molecule has 0 unspecified atom stereocenters. The van der Waals surface area contributed by atoms with Crippen LogP contribution in [-0.2, 0) is 29.0 Å². The molecule has 0 saturated heterocycles. The average molecular weight is 473 g/mol. The number of thiophene rings is 2. The molecule has 3 aromatic rings. The summed E-state index contributed by atoms with van der Waals surface area (Å²) in [5.74, 6) is 0.139. The summed E-state index contributed by atoms with van der Waals surface area (Å²) in [5, 5.41) is 16.5. The molecule has 0 radical (unpaired) electrons. The van der Waals surface area contributed by atoms with Gasteiger partial charge in [-0.05, 0) is 61.4 Å². The number of carbonyl (C=O) groups is 2. The first kappa shape index (κ1) is 24.0. The Kier molecular flexibility index (Phi) is 7.71. The zero-order valence-electron chi connectivity index (χ0n) is 18.4. The zero-order valence-corrected chi connectivity index (χ0v) is 20.0. The largest absolute Gasteiger partial charge is 0.508 e. The van der Waals surface area contributed by atoms with Crippen molar-refractivity contribution in [2.45, 2.75) is 51.5 Å². The fourth-order valence-corrected chi connectivity index (χ4v) is 4.74. The molecule has 0 saturated carbocycles. The number of carbonyl (C=O) groups excluding carboxylic acids is 2. The Morgan fingerprint density at radius 3 is 2.03 bits per heavy atom. The van der Waals surface area contributed by atoms with Crippen LogP contribution in [-0.4, -0.2) is 33.6 Å². The summed E-state index contributed by atoms with van der Waals surface area (Å²) < 4.78 is 5.50. The Morgan fingerprint density at radius 1 is 1.03 bits per heavy atom. The number of amides is 1. The third-order valence-electron chi connectivity index (χ3n) is 4.74. The van der Waals surface area contributed by atoms with E-state index in [1.54, 1.807) is 67.7 Å². The highest BCUT2D eigenvalue weighted by molar-refractivity contribution is 7.10. The van der Waals surface area contributed by atoms with Gasteiger partial charge in [-0.25, -0.2) is 4.79 Å². The molecule has 0 aliphatic carbocycles. The fourth-order valence-electron chi connectivity index (χ4n) is 3.31. The Morgan fingerprint density at radius 2 is 1.59 bits per heavy atom. The second-order valence-corrected chi connectivity index (χ2v) is 10.6. The van der Waals surface area contributed by atoms with Crippen LogP contribution in [0.25, 0.3) is 0 Å². The van der Waals surface area contributed by atoms with Gasteiger partial charge in [0.05, 0.1) is 0 Å². The molecule has 6 nitrogen and oxygen atoms in total. The normalized spacial score (nSPS) is 13.5. The predicted molar refractivity (Wildman–Crippen MR) is 128 cm³/mol. The van der Waals surface area contributed by atoms with Crippen LogP contribution in [0.3, 0.4) is 0 Å². The molecule has 2 aromatic heterocycles. The monoisotopic (exact) mass is 472 g/mol. The van der Waals surface area contributed by atoms with Crippen LogP contribution < -0.4 is 5.32 Å². The zero-order chi connectivity index (χ0) is 23.2. The number of ether oxygens (including phenoxy) is 1. The second kappa shape index (κ2) is 10.3. The van der Waals surface area contributed by atoms with E-state index in [4.69, 9.17) is 4.74 Å². The van der Waals surface area contributed by atoms with E-state index in [0.717, 1.165) is 21.6 Å². The van der Waals surface area contributed by atoms with E-state index in [1.807, 2.05) is 39.9 Å². The number of aromatic hydroxyl groups is 1. The third-order valence-corrected chi connectivity index (χ3v) is 6.46. The van der Waals surface area contributed by atoms with Crippen molar-refractivity contribution in [2.75, 3.05) is 0 Å². The van der Waals surface area contributed by atoms with Crippen LogP contribution in [0.5, 0.6) is 5.75 Å². The fraction of sp³-hybridized carbons (Fsp3) is 0.333. The SMILES string of the molecule is CC(C)(C)OC(=O)N[C@@](C=O)(Cc1ccc(O)cc1)N(Cc1cccs1)Cc1cccs1. The number of rotatable bonds is 9. The minimum atomic E-state index is -1.35. The highest BCUT2D eigenvalue weighted by Gasteiger charge is 2.40. The van der Waals surface area contributed by atoms with Gasteiger partial charge < -0.3 is 9.84 Å². The van der Waals surface area contributed by atoms with Crippen LogP contribution in [0.2, 0.25) is 0 Å². The lowest BCUT2D eigenvalue weighted by molar-refractivity contribution is -0.122. The first-order valence-corrected chi connectivity index (χ1v) is 12.0. The van der Waals surface area contributed by atoms with Gasteiger partial charge in [-0.3, -0.25) is 15.0 Å². The van der Waals surface area contributed by atoms with Gasteiger partial charge in [0.1, 0.15) is 11.4 Å². The Hall–Kier alpha value is -2.68. The summed E-state index contributed by atoms with van der Waals surface area (Å²) in [6.45, 7) is 6.29. The van der Waals surface area contributed by atoms with Crippen LogP contribution in [0.15, 0.2) is 59.3 Å². The summed E-state index contributed by atoms with van der Waals surface area (Å²) in [4.78, 5) is 29.7. The Bertz CT molecular complexity index is 960. The summed E-state index contributed by atoms with van der Waals surface area (Å²) in [7, 11) is 0. The molecule has 0 aliphatic heterocycles. The first-order chi connectivity index (χ1) is 15.2. The van der Waals surface area contributed by atoms with Crippen molar-refractivity contribution in [2.24, 2.45) is 0 Å². The van der Waals surface area contributed by atoms with Gasteiger partial charge in [-0.15, -0.1) is 22.7 Å². The lowest BCUT2D eigenvalue weighted by Crippen LogP contribution is -2.63. The van der Waals surface area contributed by atoms with Gasteiger partial charge in [-0.1, -0.05) is 24.3 Å². The van der Waals surface area contributed by atoms with E-state index in [-0.39, 0.29) is 12.2 Å². The molecule has 0 aliphatic rings. The maximum absolute atomic E-state index is 12.8. The van der Waals surface area contributed by atoms with E-state index in [2.05, 4.69) is 5.32 Å². The number of hydrogen-bond donors (Lipinski definition) is 2. The van der Waals surface area contributed by atoms with Crippen molar-refractivity contribution in [3.8, 4) is 5.75 Å². The summed E-state index contributed by atoms with van der Waals surface area (Å²) in [6.07, 6.45) is 0.336. The summed E-state index contributed by atoms with van der Waals surface area (Å²) in [5.41, 5.74) is -1.26. The highest BCUT2D eigenvalue weighted by Crippen LogP contribution is 2.27. The number of phenolic OH excluding ortho intramolecular Hbond substituents is 1. The number of phenols is 1.